The molecule has 3 aromatic rings. The van der Waals surface area contributed by atoms with Crippen LogP contribution in [0.3, 0.4) is 0 Å². The number of carbonyl (C=O) groups is 1. The molecule has 3 aromatic carbocycles. The molecule has 0 aromatic heterocycles. The van der Waals surface area contributed by atoms with Crippen molar-refractivity contribution in [1.29, 1.82) is 0 Å². The zero-order valence-electron chi connectivity index (χ0n) is 18.4. The van der Waals surface area contributed by atoms with Gasteiger partial charge in [-0.15, -0.1) is 0 Å². The van der Waals surface area contributed by atoms with Gasteiger partial charge in [-0.2, -0.15) is 0 Å². The third kappa shape index (κ3) is 4.03. The van der Waals surface area contributed by atoms with Crippen molar-refractivity contribution in [2.45, 2.75) is 49.9 Å². The number of rotatable bonds is 6. The van der Waals surface area contributed by atoms with E-state index in [-0.39, 0.29) is 24.0 Å². The predicted molar refractivity (Wildman–Crippen MR) is 125 cm³/mol. The van der Waals surface area contributed by atoms with Crippen molar-refractivity contribution in [3.05, 3.63) is 102 Å². The largest absolute Gasteiger partial charge is 0.496 e. The second-order valence-electron chi connectivity index (χ2n) is 8.78. The first-order valence-electron chi connectivity index (χ1n) is 11.4. The molecule has 2 heterocycles. The number of para-hydroxylation sites is 1. The highest BCUT2D eigenvalue weighted by Gasteiger charge is 2.50. The van der Waals surface area contributed by atoms with Crippen LogP contribution in [0, 0.1) is 0 Å². The molecule has 5 rings (SSSR count). The number of esters is 1. The van der Waals surface area contributed by atoms with Crippen molar-refractivity contribution in [3.8, 4) is 5.75 Å². The summed E-state index contributed by atoms with van der Waals surface area (Å²) in [4.78, 5) is 15.7. The molecule has 0 saturated carbocycles. The molecule has 4 heteroatoms. The topological polar surface area (TPSA) is 38.8 Å². The molecule has 2 aliphatic heterocycles. The van der Waals surface area contributed by atoms with E-state index < -0.39 is 0 Å². The zero-order chi connectivity index (χ0) is 21.9. The smallest absolute Gasteiger partial charge is 0.338 e. The number of piperidine rings is 1. The van der Waals surface area contributed by atoms with Crippen molar-refractivity contribution in [1.82, 2.24) is 4.90 Å². The maximum absolute atomic E-state index is 13.1. The number of carbonyl (C=O) groups excluding carboxylic acids is 1. The van der Waals surface area contributed by atoms with Crippen LogP contribution in [0.25, 0.3) is 0 Å². The fraction of sp³-hybridized carbons (Fsp3) is 0.321. The lowest BCUT2D eigenvalue weighted by Gasteiger charge is -2.44. The maximum Gasteiger partial charge on any atom is 0.338 e. The van der Waals surface area contributed by atoms with Gasteiger partial charge in [0.15, 0.2) is 0 Å². The summed E-state index contributed by atoms with van der Waals surface area (Å²) < 4.78 is 12.0. The molecule has 0 radical (unpaired) electrons. The van der Waals surface area contributed by atoms with Gasteiger partial charge in [-0.1, -0.05) is 66.7 Å². The highest BCUT2D eigenvalue weighted by Crippen LogP contribution is 2.47. The van der Waals surface area contributed by atoms with Crippen LogP contribution < -0.4 is 4.74 Å². The van der Waals surface area contributed by atoms with Gasteiger partial charge in [-0.25, -0.2) is 4.79 Å². The van der Waals surface area contributed by atoms with Crippen LogP contribution in [0.2, 0.25) is 0 Å². The summed E-state index contributed by atoms with van der Waals surface area (Å²) in [5, 5.41) is 0. The van der Waals surface area contributed by atoms with Gasteiger partial charge >= 0.3 is 5.97 Å². The quantitative estimate of drug-likeness (QED) is 0.491. The van der Waals surface area contributed by atoms with E-state index in [1.807, 2.05) is 48.5 Å². The van der Waals surface area contributed by atoms with E-state index in [4.69, 9.17) is 9.47 Å². The third-order valence-corrected chi connectivity index (χ3v) is 6.99. The number of nitrogens with zero attached hydrogens (tertiary/aromatic N) is 1. The van der Waals surface area contributed by atoms with Crippen LogP contribution in [0.15, 0.2) is 84.9 Å². The van der Waals surface area contributed by atoms with Gasteiger partial charge in [0.05, 0.1) is 12.7 Å². The van der Waals surface area contributed by atoms with E-state index in [0.29, 0.717) is 11.6 Å². The van der Waals surface area contributed by atoms with Gasteiger partial charge in [0, 0.05) is 30.1 Å². The minimum Gasteiger partial charge on any atom is -0.496 e. The lowest BCUT2D eigenvalue weighted by Crippen LogP contribution is -2.52. The van der Waals surface area contributed by atoms with Gasteiger partial charge in [-0.3, -0.25) is 4.90 Å². The van der Waals surface area contributed by atoms with Gasteiger partial charge in [0.2, 0.25) is 0 Å². The summed E-state index contributed by atoms with van der Waals surface area (Å²) in [5.41, 5.74) is 3.03. The number of hydrogen-bond acceptors (Lipinski definition) is 4. The summed E-state index contributed by atoms with van der Waals surface area (Å²) >= 11 is 0. The molecule has 4 nitrogen and oxygen atoms in total. The Morgan fingerprint density at radius 3 is 2.34 bits per heavy atom. The van der Waals surface area contributed by atoms with E-state index in [0.717, 1.165) is 37.1 Å². The van der Waals surface area contributed by atoms with E-state index >= 15 is 0 Å². The monoisotopic (exact) mass is 427 g/mol. The van der Waals surface area contributed by atoms with Gasteiger partial charge in [0.25, 0.3) is 0 Å². The Morgan fingerprint density at radius 1 is 0.906 bits per heavy atom. The SMILES string of the molecule is COc1ccccc1[C@H]1C[C@@H]2CC[C@@H]([C@@H]1OC(=O)c1ccccc1)N2Cc1ccccc1. The van der Waals surface area contributed by atoms with Crippen molar-refractivity contribution < 1.29 is 14.3 Å². The molecule has 164 valence electrons. The van der Waals surface area contributed by atoms with Crippen LogP contribution in [0.5, 0.6) is 5.75 Å². The summed E-state index contributed by atoms with van der Waals surface area (Å²) in [5.74, 6) is 0.734. The summed E-state index contributed by atoms with van der Waals surface area (Å²) in [7, 11) is 1.71. The first kappa shape index (κ1) is 20.8. The number of methoxy groups -OCH3 is 1. The molecule has 4 atom stereocenters. The summed E-state index contributed by atoms with van der Waals surface area (Å²) in [6.07, 6.45) is 2.90. The minimum absolute atomic E-state index is 0.114. The third-order valence-electron chi connectivity index (χ3n) is 6.99. The van der Waals surface area contributed by atoms with Crippen LogP contribution in [0.1, 0.15) is 46.7 Å². The molecule has 0 unspecified atom stereocenters. The molecule has 2 bridgehead atoms. The Labute approximate surface area is 189 Å². The number of fused-ring (bicyclic) bond motifs is 2. The first-order chi connectivity index (χ1) is 15.7. The molecule has 2 saturated heterocycles. The number of hydrogen-bond donors (Lipinski definition) is 0. The van der Waals surface area contributed by atoms with Gasteiger partial charge in [0.1, 0.15) is 11.9 Å². The van der Waals surface area contributed by atoms with Crippen molar-refractivity contribution >= 4 is 5.97 Å². The minimum atomic E-state index is -0.250. The normalized spacial score (nSPS) is 24.8. The summed E-state index contributed by atoms with van der Waals surface area (Å²) in [6.45, 7) is 0.883. The second-order valence-corrected chi connectivity index (χ2v) is 8.78. The van der Waals surface area contributed by atoms with E-state index in [1.165, 1.54) is 5.56 Å². The van der Waals surface area contributed by atoms with E-state index in [9.17, 15) is 4.79 Å². The molecule has 2 aliphatic rings. The Kier molecular flexibility index (Phi) is 5.95. The van der Waals surface area contributed by atoms with Crippen LogP contribution in [0.4, 0.5) is 0 Å². The molecule has 0 amide bonds. The van der Waals surface area contributed by atoms with Crippen molar-refractivity contribution in [2.75, 3.05) is 7.11 Å². The van der Waals surface area contributed by atoms with Crippen molar-refractivity contribution in [3.63, 3.8) is 0 Å². The van der Waals surface area contributed by atoms with E-state index in [2.05, 4.69) is 41.3 Å². The maximum atomic E-state index is 13.1. The lowest BCUT2D eigenvalue weighted by molar-refractivity contribution is -0.0345. The number of benzene rings is 3. The fourth-order valence-electron chi connectivity index (χ4n) is 5.51. The van der Waals surface area contributed by atoms with Gasteiger partial charge in [-0.05, 0) is 43.0 Å². The Hall–Kier alpha value is -3.11. The Bertz CT molecular complexity index is 1050. The van der Waals surface area contributed by atoms with Crippen LogP contribution in [-0.4, -0.2) is 36.2 Å². The van der Waals surface area contributed by atoms with Crippen LogP contribution >= 0.6 is 0 Å². The number of ether oxygens (including phenoxy) is 2. The molecular weight excluding hydrogens is 398 g/mol. The summed E-state index contributed by atoms with van der Waals surface area (Å²) in [6, 6.07) is 28.7. The highest BCUT2D eigenvalue weighted by molar-refractivity contribution is 5.89. The molecule has 0 spiro atoms. The Morgan fingerprint density at radius 2 is 1.59 bits per heavy atom. The standard InChI is InChI=1S/C28H29NO3/c1-31-26-15-9-8-14-23(26)24-18-22-16-17-25(29(22)19-20-10-4-2-5-11-20)27(24)32-28(30)21-12-6-3-7-13-21/h2-15,22,24-25,27H,16-19H2,1H3/t22-,24+,25-,27+/m0/s1. The molecule has 0 N–H and O–H groups in total. The highest BCUT2D eigenvalue weighted by atomic mass is 16.5. The average Bonchev–Trinajstić information content (AvgIpc) is 3.13. The van der Waals surface area contributed by atoms with E-state index in [1.54, 1.807) is 7.11 Å². The van der Waals surface area contributed by atoms with Gasteiger partial charge < -0.3 is 9.47 Å². The first-order valence-corrected chi connectivity index (χ1v) is 11.4. The molecule has 2 fully saturated rings. The average molecular weight is 428 g/mol. The van der Waals surface area contributed by atoms with Crippen LogP contribution in [-0.2, 0) is 11.3 Å². The predicted octanol–water partition coefficient (Wildman–Crippen LogP) is 5.44. The Balaban J connectivity index is 1.48. The molecule has 0 aliphatic carbocycles. The molecular formula is C28H29NO3. The zero-order valence-corrected chi connectivity index (χ0v) is 18.4. The second kappa shape index (κ2) is 9.17. The van der Waals surface area contributed by atoms with Crippen molar-refractivity contribution in [2.24, 2.45) is 0 Å². The lowest BCUT2D eigenvalue weighted by atomic mass is 9.81. The fourth-order valence-corrected chi connectivity index (χ4v) is 5.51. The molecule has 32 heavy (non-hydrogen) atoms.